The Morgan fingerprint density at radius 1 is 0.808 bits per heavy atom. The molecule has 0 N–H and O–H groups in total. The van der Waals surface area contributed by atoms with Gasteiger partial charge in [0.05, 0.1) is 0 Å². The number of carbonyl (C=O) groups is 1. The minimum Gasteiger partial charge on any atom is -0.550 e. The summed E-state index contributed by atoms with van der Waals surface area (Å²) in [6.45, 7) is 15.3. The molecular weight excluding hydrogens is 434 g/mol. The molecule has 0 aliphatic rings. The molecular formula is C22H30O2PPd-. The summed E-state index contributed by atoms with van der Waals surface area (Å²) in [7, 11) is -0.282. The fraction of sp³-hybridized carbons (Fsp3) is 0.409. The van der Waals surface area contributed by atoms with E-state index in [0.717, 1.165) is 6.92 Å². The molecule has 0 heterocycles. The van der Waals surface area contributed by atoms with Crippen molar-refractivity contribution in [2.45, 2.75) is 58.8 Å². The predicted molar refractivity (Wildman–Crippen MR) is 109 cm³/mol. The first-order chi connectivity index (χ1) is 11.4. The molecule has 0 aliphatic carbocycles. The largest absolute Gasteiger partial charge is 0.550 e. The maximum Gasteiger partial charge on any atom is 0.0383 e. The van der Waals surface area contributed by atoms with Gasteiger partial charge in [0.25, 0.3) is 0 Å². The van der Waals surface area contributed by atoms with Crippen molar-refractivity contribution in [3.63, 3.8) is 0 Å². The van der Waals surface area contributed by atoms with E-state index in [2.05, 4.69) is 96.1 Å². The van der Waals surface area contributed by atoms with Crippen molar-refractivity contribution in [3.05, 3.63) is 54.6 Å². The number of rotatable bonds is 2. The van der Waals surface area contributed by atoms with Crippen LogP contribution >= 0.6 is 7.92 Å². The minimum absolute atomic E-state index is 0. The number of carboxylic acids is 1. The van der Waals surface area contributed by atoms with E-state index < -0.39 is 5.97 Å². The molecule has 0 fully saturated rings. The van der Waals surface area contributed by atoms with Gasteiger partial charge in [0, 0.05) is 26.4 Å². The quantitative estimate of drug-likeness (QED) is 0.473. The van der Waals surface area contributed by atoms with Crippen molar-refractivity contribution < 1.29 is 30.3 Å². The SMILES string of the molecule is CC(=O)[O-].CC(C)(C)P(c1ccccc1-c1ccccc1)C(C)(C)C.[Pd]. The van der Waals surface area contributed by atoms with Crippen LogP contribution in [0, 0.1) is 0 Å². The van der Waals surface area contributed by atoms with Gasteiger partial charge in [-0.15, -0.1) is 0 Å². The Labute approximate surface area is 173 Å². The van der Waals surface area contributed by atoms with Gasteiger partial charge >= 0.3 is 0 Å². The van der Waals surface area contributed by atoms with E-state index in [4.69, 9.17) is 9.90 Å². The van der Waals surface area contributed by atoms with Crippen molar-refractivity contribution in [3.8, 4) is 11.1 Å². The van der Waals surface area contributed by atoms with Gasteiger partial charge in [0.15, 0.2) is 0 Å². The topological polar surface area (TPSA) is 40.1 Å². The van der Waals surface area contributed by atoms with Crippen molar-refractivity contribution in [2.24, 2.45) is 0 Å². The second-order valence-electron chi connectivity index (χ2n) is 8.05. The van der Waals surface area contributed by atoms with Crippen LogP contribution in [0.3, 0.4) is 0 Å². The van der Waals surface area contributed by atoms with E-state index in [1.807, 2.05) is 0 Å². The Balaban J connectivity index is 0.00000113. The first kappa shape index (κ1) is 25.0. The van der Waals surface area contributed by atoms with Gasteiger partial charge in [-0.2, -0.15) is 0 Å². The van der Waals surface area contributed by atoms with Gasteiger partial charge in [-0.05, 0) is 33.7 Å². The predicted octanol–water partition coefficient (Wildman–Crippen LogP) is 4.81. The summed E-state index contributed by atoms with van der Waals surface area (Å²) in [6, 6.07) is 19.7. The monoisotopic (exact) mass is 463 g/mol. The van der Waals surface area contributed by atoms with Crippen LogP contribution in [0.25, 0.3) is 11.1 Å². The van der Waals surface area contributed by atoms with Gasteiger partial charge in [0.2, 0.25) is 0 Å². The molecule has 2 aromatic rings. The average molecular weight is 464 g/mol. The molecule has 4 heteroatoms. The number of hydrogen-bond acceptors (Lipinski definition) is 2. The van der Waals surface area contributed by atoms with E-state index in [-0.39, 0.29) is 28.3 Å². The number of hydrogen-bond donors (Lipinski definition) is 0. The van der Waals surface area contributed by atoms with Gasteiger partial charge < -0.3 is 9.90 Å². The molecule has 0 spiro atoms. The first-order valence-electron chi connectivity index (χ1n) is 8.57. The third-order valence-corrected chi connectivity index (χ3v) is 7.13. The Morgan fingerprint density at radius 3 is 1.62 bits per heavy atom. The molecule has 0 unspecified atom stereocenters. The third kappa shape index (κ3) is 7.71. The smallest absolute Gasteiger partial charge is 0.0383 e. The molecule has 0 saturated carbocycles. The molecule has 146 valence electrons. The second kappa shape index (κ2) is 10.4. The Hall–Kier alpha value is -0.998. The molecule has 0 aromatic heterocycles. The third-order valence-electron chi connectivity index (χ3n) is 3.57. The van der Waals surface area contributed by atoms with Crippen LogP contribution in [0.15, 0.2) is 54.6 Å². The molecule has 26 heavy (non-hydrogen) atoms. The fourth-order valence-electron chi connectivity index (χ4n) is 3.26. The zero-order chi connectivity index (χ0) is 19.3. The van der Waals surface area contributed by atoms with Gasteiger partial charge in [-0.3, -0.25) is 0 Å². The van der Waals surface area contributed by atoms with E-state index in [1.165, 1.54) is 16.4 Å². The van der Waals surface area contributed by atoms with Crippen LogP contribution in [0.4, 0.5) is 0 Å². The molecule has 0 amide bonds. The minimum atomic E-state index is -1.08. The molecule has 2 aromatic carbocycles. The van der Waals surface area contributed by atoms with E-state index in [9.17, 15) is 0 Å². The molecule has 2 rings (SSSR count). The van der Waals surface area contributed by atoms with E-state index >= 15 is 0 Å². The van der Waals surface area contributed by atoms with Crippen LogP contribution in [0.2, 0.25) is 0 Å². The number of benzene rings is 2. The van der Waals surface area contributed by atoms with Crippen molar-refractivity contribution in [1.29, 1.82) is 0 Å². The Morgan fingerprint density at radius 2 is 1.19 bits per heavy atom. The van der Waals surface area contributed by atoms with Crippen molar-refractivity contribution in [1.82, 2.24) is 0 Å². The average Bonchev–Trinajstić information content (AvgIpc) is 2.45. The molecule has 0 radical (unpaired) electrons. The summed E-state index contributed by atoms with van der Waals surface area (Å²) in [6.07, 6.45) is 0. The zero-order valence-electron chi connectivity index (χ0n) is 16.8. The molecule has 2 nitrogen and oxygen atoms in total. The normalized spacial score (nSPS) is 11.2. The Kier molecular flexibility index (Phi) is 9.97. The van der Waals surface area contributed by atoms with Crippen molar-refractivity contribution >= 4 is 19.2 Å². The fourth-order valence-corrected chi connectivity index (χ4v) is 7.40. The zero-order valence-corrected chi connectivity index (χ0v) is 19.2. The summed E-state index contributed by atoms with van der Waals surface area (Å²) in [5.74, 6) is -1.08. The maximum absolute atomic E-state index is 8.89. The van der Waals surface area contributed by atoms with Gasteiger partial charge in [-0.1, -0.05) is 104 Å². The molecule has 0 saturated heterocycles. The Bertz CT molecular complexity index is 667. The summed E-state index contributed by atoms with van der Waals surface area (Å²) >= 11 is 0. The van der Waals surface area contributed by atoms with Crippen LogP contribution in [0.1, 0.15) is 48.5 Å². The molecule has 0 aliphatic heterocycles. The summed E-state index contributed by atoms with van der Waals surface area (Å²) in [5, 5.41) is 11.0. The van der Waals surface area contributed by atoms with E-state index in [0.29, 0.717) is 10.3 Å². The van der Waals surface area contributed by atoms with E-state index in [1.54, 1.807) is 0 Å². The van der Waals surface area contributed by atoms with Crippen LogP contribution in [-0.4, -0.2) is 16.3 Å². The molecule has 0 atom stereocenters. The summed E-state index contributed by atoms with van der Waals surface area (Å²) in [4.78, 5) is 8.89. The standard InChI is InChI=1S/C20H27P.C2H4O2.Pd/c1-19(2,3)21(20(4,5)6)18-15-11-10-14-17(18)16-12-8-7-9-13-16;1-2(3)4;/h7-15H,1-6H3;1H3,(H,3,4);/p-1. The van der Waals surface area contributed by atoms with Crippen molar-refractivity contribution in [2.75, 3.05) is 0 Å². The number of aliphatic carboxylic acids is 1. The maximum atomic E-state index is 8.89. The first-order valence-corrected chi connectivity index (χ1v) is 9.91. The van der Waals surface area contributed by atoms with Gasteiger partial charge in [-0.25, -0.2) is 0 Å². The summed E-state index contributed by atoms with van der Waals surface area (Å²) in [5.41, 5.74) is 2.73. The van der Waals surface area contributed by atoms with Crippen LogP contribution < -0.4 is 10.4 Å². The second-order valence-corrected chi connectivity index (χ2v) is 11.9. The molecule has 0 bridgehead atoms. The van der Waals surface area contributed by atoms with Gasteiger partial charge in [0.1, 0.15) is 0 Å². The summed E-state index contributed by atoms with van der Waals surface area (Å²) < 4.78 is 0. The number of carboxylic acid groups (broad SMARTS) is 1. The van der Waals surface area contributed by atoms with Crippen LogP contribution in [-0.2, 0) is 25.2 Å². The number of carbonyl (C=O) groups excluding carboxylic acids is 1. The van der Waals surface area contributed by atoms with Crippen LogP contribution in [0.5, 0.6) is 0 Å².